The molecule has 7 nitrogen and oxygen atoms in total. The number of carbonyl (C=O) groups excluding carboxylic acids is 2. The Labute approximate surface area is 112 Å². The van der Waals surface area contributed by atoms with Gasteiger partial charge in [-0.15, -0.1) is 0 Å². The van der Waals surface area contributed by atoms with Gasteiger partial charge in [0.25, 0.3) is 0 Å². The Kier molecular flexibility index (Phi) is 4.52. The van der Waals surface area contributed by atoms with Crippen molar-refractivity contribution in [1.82, 2.24) is 15.3 Å². The lowest BCUT2D eigenvalue weighted by molar-refractivity contribution is 0.0519. The van der Waals surface area contributed by atoms with E-state index < -0.39 is 5.97 Å². The van der Waals surface area contributed by atoms with Crippen molar-refractivity contribution in [3.8, 4) is 0 Å². The molecule has 0 saturated carbocycles. The number of esters is 1. The van der Waals surface area contributed by atoms with E-state index in [0.29, 0.717) is 24.8 Å². The first-order valence-electron chi connectivity index (χ1n) is 5.85. The molecule has 1 atom stereocenters. The summed E-state index contributed by atoms with van der Waals surface area (Å²) in [7, 11) is 0. The molecule has 1 saturated heterocycles. The van der Waals surface area contributed by atoms with Gasteiger partial charge in [0.15, 0.2) is 5.69 Å². The van der Waals surface area contributed by atoms with Gasteiger partial charge < -0.3 is 15.0 Å². The van der Waals surface area contributed by atoms with E-state index >= 15 is 0 Å². The molecular formula is C12H20N4O3. The lowest BCUT2D eigenvalue weighted by atomic mass is 10.3. The van der Waals surface area contributed by atoms with Crippen LogP contribution in [0.4, 0.5) is 10.7 Å². The van der Waals surface area contributed by atoms with Crippen LogP contribution in [0.1, 0.15) is 37.5 Å². The second kappa shape index (κ2) is 5.73. The van der Waals surface area contributed by atoms with Gasteiger partial charge in [0.2, 0.25) is 5.95 Å². The van der Waals surface area contributed by atoms with E-state index in [0.717, 1.165) is 0 Å². The maximum Gasteiger partial charge on any atom is 0.358 e. The van der Waals surface area contributed by atoms with Gasteiger partial charge in [0.1, 0.15) is 0 Å². The first-order chi connectivity index (χ1) is 8.54. The standard InChI is InChI=1S/C11H16N4O3.CH4/c1-4-18-9(16)8-7(3)13-10(14-8)15-6(2)5-12-11(15)17;/h6H,4-5H2,1-3H3,(H,12,17)(H,13,14);1H4/t6-;/m1./s1. The molecule has 1 fully saturated rings. The monoisotopic (exact) mass is 268 g/mol. The largest absolute Gasteiger partial charge is 0.461 e. The Hall–Kier alpha value is -2.05. The highest BCUT2D eigenvalue weighted by atomic mass is 16.5. The number of anilines is 1. The number of nitrogens with zero attached hydrogens (tertiary/aromatic N) is 2. The van der Waals surface area contributed by atoms with Gasteiger partial charge in [0.05, 0.1) is 12.6 Å². The second-order valence-corrected chi connectivity index (χ2v) is 4.16. The highest BCUT2D eigenvalue weighted by Crippen LogP contribution is 2.19. The zero-order valence-electron chi connectivity index (χ0n) is 10.6. The van der Waals surface area contributed by atoms with Crippen LogP contribution in [0.15, 0.2) is 0 Å². The molecule has 1 aliphatic rings. The van der Waals surface area contributed by atoms with E-state index in [2.05, 4.69) is 15.3 Å². The molecule has 0 bridgehead atoms. The smallest absolute Gasteiger partial charge is 0.358 e. The number of imidazole rings is 1. The van der Waals surface area contributed by atoms with Crippen LogP contribution in [0.3, 0.4) is 0 Å². The summed E-state index contributed by atoms with van der Waals surface area (Å²) in [6.45, 7) is 6.21. The summed E-state index contributed by atoms with van der Waals surface area (Å²) < 4.78 is 4.90. The van der Waals surface area contributed by atoms with Crippen LogP contribution in [0.25, 0.3) is 0 Å². The molecule has 0 aromatic carbocycles. The minimum Gasteiger partial charge on any atom is -0.461 e. The number of hydrogen-bond donors (Lipinski definition) is 2. The summed E-state index contributed by atoms with van der Waals surface area (Å²) in [5.41, 5.74) is 0.814. The normalized spacial score (nSPS) is 17.9. The number of aryl methyl sites for hydroxylation is 1. The fourth-order valence-electron chi connectivity index (χ4n) is 1.87. The minimum absolute atomic E-state index is 0. The van der Waals surface area contributed by atoms with Crippen molar-refractivity contribution in [2.45, 2.75) is 34.2 Å². The number of nitrogens with one attached hydrogen (secondary N) is 2. The average molecular weight is 268 g/mol. The van der Waals surface area contributed by atoms with E-state index in [9.17, 15) is 9.59 Å². The first-order valence-corrected chi connectivity index (χ1v) is 5.85. The highest BCUT2D eigenvalue weighted by molar-refractivity contribution is 5.95. The van der Waals surface area contributed by atoms with Crippen LogP contribution in [0.5, 0.6) is 0 Å². The topological polar surface area (TPSA) is 87.3 Å². The van der Waals surface area contributed by atoms with E-state index in [1.165, 1.54) is 4.90 Å². The predicted octanol–water partition coefficient (Wildman–Crippen LogP) is 1.45. The third kappa shape index (κ3) is 2.69. The van der Waals surface area contributed by atoms with Gasteiger partial charge in [0, 0.05) is 12.2 Å². The molecule has 0 unspecified atom stereocenters. The number of hydrogen-bond acceptors (Lipinski definition) is 4. The van der Waals surface area contributed by atoms with Crippen LogP contribution in [0, 0.1) is 6.92 Å². The molecule has 2 rings (SSSR count). The molecule has 2 heterocycles. The summed E-state index contributed by atoms with van der Waals surface area (Å²) in [5, 5.41) is 2.71. The molecular weight excluding hydrogens is 248 g/mol. The first kappa shape index (κ1) is 15.0. The lowest BCUT2D eigenvalue weighted by Gasteiger charge is -2.15. The lowest BCUT2D eigenvalue weighted by Crippen LogP contribution is -2.33. The van der Waals surface area contributed by atoms with E-state index in [1.54, 1.807) is 13.8 Å². The Morgan fingerprint density at radius 1 is 1.58 bits per heavy atom. The quantitative estimate of drug-likeness (QED) is 0.812. The molecule has 2 amide bonds. The molecule has 7 heteroatoms. The highest BCUT2D eigenvalue weighted by Gasteiger charge is 2.32. The van der Waals surface area contributed by atoms with Gasteiger partial charge in [-0.3, -0.25) is 4.90 Å². The van der Waals surface area contributed by atoms with Crippen LogP contribution in [-0.4, -0.2) is 41.2 Å². The number of carbonyl (C=O) groups is 2. The number of aromatic amines is 1. The third-order valence-electron chi connectivity index (χ3n) is 2.78. The molecule has 0 aliphatic carbocycles. The molecule has 0 radical (unpaired) electrons. The van der Waals surface area contributed by atoms with Gasteiger partial charge in [-0.05, 0) is 20.8 Å². The molecule has 1 aromatic rings. The average Bonchev–Trinajstić information content (AvgIpc) is 2.83. The SMILES string of the molecule is C.CCOC(=O)c1nc(N2C(=O)NC[C@H]2C)[nH]c1C. The van der Waals surface area contributed by atoms with Crippen molar-refractivity contribution in [3.05, 3.63) is 11.4 Å². The number of amides is 2. The molecule has 106 valence electrons. The van der Waals surface area contributed by atoms with Gasteiger partial charge in [-0.2, -0.15) is 0 Å². The zero-order valence-corrected chi connectivity index (χ0v) is 10.6. The predicted molar refractivity (Wildman–Crippen MR) is 71.4 cm³/mol. The Morgan fingerprint density at radius 2 is 2.26 bits per heavy atom. The van der Waals surface area contributed by atoms with Gasteiger partial charge in [-0.1, -0.05) is 7.43 Å². The Bertz CT molecular complexity index is 483. The minimum atomic E-state index is -0.482. The van der Waals surface area contributed by atoms with Crippen molar-refractivity contribution >= 4 is 17.9 Å². The third-order valence-corrected chi connectivity index (χ3v) is 2.78. The Morgan fingerprint density at radius 3 is 2.79 bits per heavy atom. The maximum atomic E-state index is 11.6. The number of ether oxygens (including phenoxy) is 1. The summed E-state index contributed by atoms with van der Waals surface area (Å²) >= 11 is 0. The number of rotatable bonds is 3. The molecule has 1 aliphatic heterocycles. The summed E-state index contributed by atoms with van der Waals surface area (Å²) in [6.07, 6.45) is 0. The fraction of sp³-hybridized carbons (Fsp3) is 0.583. The van der Waals surface area contributed by atoms with Crippen molar-refractivity contribution in [3.63, 3.8) is 0 Å². The number of urea groups is 1. The van der Waals surface area contributed by atoms with E-state index in [1.807, 2.05) is 6.92 Å². The zero-order chi connectivity index (χ0) is 13.3. The molecule has 0 spiro atoms. The van der Waals surface area contributed by atoms with E-state index in [-0.39, 0.29) is 25.2 Å². The van der Waals surface area contributed by atoms with Crippen molar-refractivity contribution < 1.29 is 14.3 Å². The van der Waals surface area contributed by atoms with Crippen molar-refractivity contribution in [2.75, 3.05) is 18.1 Å². The van der Waals surface area contributed by atoms with Gasteiger partial charge in [-0.25, -0.2) is 14.6 Å². The van der Waals surface area contributed by atoms with Crippen molar-refractivity contribution in [2.24, 2.45) is 0 Å². The summed E-state index contributed by atoms with van der Waals surface area (Å²) in [5.74, 6) is -0.109. The maximum absolute atomic E-state index is 11.6. The molecule has 1 aromatic heterocycles. The van der Waals surface area contributed by atoms with Crippen molar-refractivity contribution in [1.29, 1.82) is 0 Å². The molecule has 19 heavy (non-hydrogen) atoms. The van der Waals surface area contributed by atoms with E-state index in [4.69, 9.17) is 4.74 Å². The summed E-state index contributed by atoms with van der Waals surface area (Å²) in [6, 6.07) is -0.218. The van der Waals surface area contributed by atoms with Crippen LogP contribution in [-0.2, 0) is 4.74 Å². The number of aromatic nitrogens is 2. The van der Waals surface area contributed by atoms with Crippen LogP contribution in [0.2, 0.25) is 0 Å². The van der Waals surface area contributed by atoms with Crippen LogP contribution < -0.4 is 10.2 Å². The summed E-state index contributed by atoms with van der Waals surface area (Å²) in [4.78, 5) is 31.9. The fourth-order valence-corrected chi connectivity index (χ4v) is 1.87. The molecule has 2 N–H and O–H groups in total. The number of H-pyrrole nitrogens is 1. The van der Waals surface area contributed by atoms with Crippen LogP contribution >= 0.6 is 0 Å². The Balaban J connectivity index is 0.00000180. The van der Waals surface area contributed by atoms with Gasteiger partial charge >= 0.3 is 12.0 Å². The second-order valence-electron chi connectivity index (χ2n) is 4.16.